The standard InChI is InChI=1S/C18H13N3O2S/c1-11-9-16(23-21-11)17(22)20-18-19-15(10-24-18)14-8-4-6-12-5-2-3-7-13(12)14/h2-10H,1H3,(H,19,20,22). The number of fused-ring (bicyclic) bond motifs is 1. The number of thiazole rings is 1. The summed E-state index contributed by atoms with van der Waals surface area (Å²) in [4.78, 5) is 16.6. The van der Waals surface area contributed by atoms with Gasteiger partial charge >= 0.3 is 0 Å². The lowest BCUT2D eigenvalue weighted by atomic mass is 10.0. The highest BCUT2D eigenvalue weighted by atomic mass is 32.1. The minimum Gasteiger partial charge on any atom is -0.351 e. The van der Waals surface area contributed by atoms with Crippen LogP contribution < -0.4 is 5.32 Å². The fraction of sp³-hybridized carbons (Fsp3) is 0.0556. The maximum absolute atomic E-state index is 12.1. The van der Waals surface area contributed by atoms with Gasteiger partial charge in [-0.1, -0.05) is 47.6 Å². The number of benzene rings is 2. The van der Waals surface area contributed by atoms with Crippen LogP contribution in [0.4, 0.5) is 5.13 Å². The van der Waals surface area contributed by atoms with Gasteiger partial charge in [0.1, 0.15) is 0 Å². The third-order valence-corrected chi connectivity index (χ3v) is 4.40. The SMILES string of the molecule is Cc1cc(C(=O)Nc2nc(-c3cccc4ccccc34)cs2)on1. The fourth-order valence-electron chi connectivity index (χ4n) is 2.53. The van der Waals surface area contributed by atoms with Gasteiger partial charge in [0, 0.05) is 17.0 Å². The molecule has 1 N–H and O–H groups in total. The maximum Gasteiger partial charge on any atom is 0.296 e. The first-order valence-electron chi connectivity index (χ1n) is 7.39. The highest BCUT2D eigenvalue weighted by Gasteiger charge is 2.14. The number of amides is 1. The van der Waals surface area contributed by atoms with Crippen LogP contribution in [0.25, 0.3) is 22.0 Å². The van der Waals surface area contributed by atoms with E-state index in [4.69, 9.17) is 4.52 Å². The molecule has 0 bridgehead atoms. The molecule has 6 heteroatoms. The number of carbonyl (C=O) groups excluding carboxylic acids is 1. The average Bonchev–Trinajstić information content (AvgIpc) is 3.23. The number of anilines is 1. The monoisotopic (exact) mass is 335 g/mol. The summed E-state index contributed by atoms with van der Waals surface area (Å²) in [6.45, 7) is 1.77. The zero-order valence-corrected chi connectivity index (χ0v) is 13.6. The van der Waals surface area contributed by atoms with Crippen molar-refractivity contribution in [1.82, 2.24) is 10.1 Å². The molecular weight excluding hydrogens is 322 g/mol. The third kappa shape index (κ3) is 2.68. The largest absolute Gasteiger partial charge is 0.351 e. The Morgan fingerprint density at radius 1 is 1.17 bits per heavy atom. The van der Waals surface area contributed by atoms with Gasteiger partial charge in [-0.15, -0.1) is 11.3 Å². The second-order valence-electron chi connectivity index (χ2n) is 5.35. The van der Waals surface area contributed by atoms with Gasteiger partial charge in [0.05, 0.1) is 11.4 Å². The molecule has 2 aromatic carbocycles. The van der Waals surface area contributed by atoms with E-state index >= 15 is 0 Å². The van der Waals surface area contributed by atoms with Crippen LogP contribution in [0.15, 0.2) is 58.4 Å². The second-order valence-corrected chi connectivity index (χ2v) is 6.21. The number of rotatable bonds is 3. The number of aryl methyl sites for hydroxylation is 1. The molecule has 2 aromatic heterocycles. The first-order chi connectivity index (χ1) is 11.7. The molecule has 5 nitrogen and oxygen atoms in total. The Balaban J connectivity index is 1.64. The smallest absolute Gasteiger partial charge is 0.296 e. The first kappa shape index (κ1) is 14.6. The molecule has 0 fully saturated rings. The van der Waals surface area contributed by atoms with E-state index in [2.05, 4.69) is 33.7 Å². The summed E-state index contributed by atoms with van der Waals surface area (Å²) in [6, 6.07) is 15.9. The predicted octanol–water partition coefficient (Wildman–Crippen LogP) is 4.51. The summed E-state index contributed by atoms with van der Waals surface area (Å²) in [5, 5.41) is 11.2. The molecule has 24 heavy (non-hydrogen) atoms. The van der Waals surface area contributed by atoms with E-state index in [0.29, 0.717) is 10.8 Å². The molecule has 0 atom stereocenters. The van der Waals surface area contributed by atoms with Crippen LogP contribution in [-0.2, 0) is 0 Å². The van der Waals surface area contributed by atoms with Gasteiger partial charge in [0.15, 0.2) is 5.13 Å². The normalized spacial score (nSPS) is 10.9. The lowest BCUT2D eigenvalue weighted by molar-refractivity contribution is 0.0988. The molecule has 0 spiro atoms. The van der Waals surface area contributed by atoms with Gasteiger partial charge in [-0.2, -0.15) is 0 Å². The molecule has 0 aliphatic heterocycles. The predicted molar refractivity (Wildman–Crippen MR) is 94.2 cm³/mol. The van der Waals surface area contributed by atoms with Crippen LogP contribution in [-0.4, -0.2) is 16.0 Å². The molecule has 4 aromatic rings. The van der Waals surface area contributed by atoms with Crippen molar-refractivity contribution in [3.63, 3.8) is 0 Å². The van der Waals surface area contributed by atoms with E-state index in [0.717, 1.165) is 22.0 Å². The number of hydrogen-bond donors (Lipinski definition) is 1. The summed E-state index contributed by atoms with van der Waals surface area (Å²) in [5.74, 6) is -0.177. The van der Waals surface area contributed by atoms with Crippen LogP contribution in [0, 0.1) is 6.92 Å². The molecule has 0 aliphatic rings. The van der Waals surface area contributed by atoms with Crippen molar-refractivity contribution in [3.05, 3.63) is 65.4 Å². The van der Waals surface area contributed by atoms with Crippen molar-refractivity contribution in [2.24, 2.45) is 0 Å². The van der Waals surface area contributed by atoms with Crippen molar-refractivity contribution in [2.75, 3.05) is 5.32 Å². The summed E-state index contributed by atoms with van der Waals surface area (Å²) in [5.41, 5.74) is 2.54. The number of nitrogens with one attached hydrogen (secondary N) is 1. The van der Waals surface area contributed by atoms with E-state index in [1.807, 2.05) is 29.6 Å². The maximum atomic E-state index is 12.1. The number of aromatic nitrogens is 2. The lowest BCUT2D eigenvalue weighted by Gasteiger charge is -2.03. The molecule has 4 rings (SSSR count). The van der Waals surface area contributed by atoms with E-state index < -0.39 is 0 Å². The molecule has 0 unspecified atom stereocenters. The van der Waals surface area contributed by atoms with Crippen LogP contribution in [0.3, 0.4) is 0 Å². The highest BCUT2D eigenvalue weighted by molar-refractivity contribution is 7.14. The topological polar surface area (TPSA) is 68.0 Å². The van der Waals surface area contributed by atoms with Gasteiger partial charge in [0.25, 0.3) is 5.91 Å². The summed E-state index contributed by atoms with van der Waals surface area (Å²) >= 11 is 1.38. The Kier molecular flexibility index (Phi) is 3.59. The van der Waals surface area contributed by atoms with E-state index in [9.17, 15) is 4.79 Å². The van der Waals surface area contributed by atoms with Gasteiger partial charge in [-0.25, -0.2) is 4.98 Å². The number of nitrogens with zero attached hydrogens (tertiary/aromatic N) is 2. The summed E-state index contributed by atoms with van der Waals surface area (Å²) in [7, 11) is 0. The van der Waals surface area contributed by atoms with E-state index in [1.54, 1.807) is 13.0 Å². The molecular formula is C18H13N3O2S. The van der Waals surface area contributed by atoms with Crippen LogP contribution >= 0.6 is 11.3 Å². The van der Waals surface area contributed by atoms with Crippen LogP contribution in [0.2, 0.25) is 0 Å². The Labute approximate surface area is 141 Å². The highest BCUT2D eigenvalue weighted by Crippen LogP contribution is 2.31. The van der Waals surface area contributed by atoms with Crippen LogP contribution in [0.1, 0.15) is 16.2 Å². The van der Waals surface area contributed by atoms with E-state index in [1.165, 1.54) is 11.3 Å². The van der Waals surface area contributed by atoms with Gasteiger partial charge in [-0.3, -0.25) is 10.1 Å². The summed E-state index contributed by atoms with van der Waals surface area (Å²) < 4.78 is 4.96. The molecule has 0 saturated carbocycles. The minimum atomic E-state index is -0.352. The van der Waals surface area contributed by atoms with Gasteiger partial charge in [-0.05, 0) is 17.7 Å². The molecule has 0 saturated heterocycles. The molecule has 2 heterocycles. The molecule has 0 radical (unpaired) electrons. The average molecular weight is 335 g/mol. The third-order valence-electron chi connectivity index (χ3n) is 3.64. The van der Waals surface area contributed by atoms with Crippen molar-refractivity contribution in [2.45, 2.75) is 6.92 Å². The van der Waals surface area contributed by atoms with Crippen molar-refractivity contribution >= 4 is 33.1 Å². The molecule has 0 aliphatic carbocycles. The Morgan fingerprint density at radius 3 is 2.83 bits per heavy atom. The first-order valence-corrected chi connectivity index (χ1v) is 8.27. The summed E-state index contributed by atoms with van der Waals surface area (Å²) in [6.07, 6.45) is 0. The number of carbonyl (C=O) groups is 1. The fourth-order valence-corrected chi connectivity index (χ4v) is 3.24. The zero-order chi connectivity index (χ0) is 16.5. The van der Waals surface area contributed by atoms with Crippen molar-refractivity contribution in [1.29, 1.82) is 0 Å². The Hall–Kier alpha value is -2.99. The zero-order valence-electron chi connectivity index (χ0n) is 12.8. The molecule has 1 amide bonds. The minimum absolute atomic E-state index is 0.175. The quantitative estimate of drug-likeness (QED) is 0.598. The van der Waals surface area contributed by atoms with E-state index in [-0.39, 0.29) is 11.7 Å². The Bertz CT molecular complexity index is 1030. The molecule has 118 valence electrons. The van der Waals surface area contributed by atoms with Crippen LogP contribution in [0.5, 0.6) is 0 Å². The lowest BCUT2D eigenvalue weighted by Crippen LogP contribution is -2.10. The second kappa shape index (κ2) is 5.90. The Morgan fingerprint density at radius 2 is 2.00 bits per heavy atom. The van der Waals surface area contributed by atoms with Crippen molar-refractivity contribution < 1.29 is 9.32 Å². The van der Waals surface area contributed by atoms with Gasteiger partial charge < -0.3 is 4.52 Å². The van der Waals surface area contributed by atoms with Gasteiger partial charge in [0.2, 0.25) is 5.76 Å². The number of hydrogen-bond acceptors (Lipinski definition) is 5. The van der Waals surface area contributed by atoms with Crippen molar-refractivity contribution in [3.8, 4) is 11.3 Å².